The third-order valence-corrected chi connectivity index (χ3v) is 3.22. The fourth-order valence-corrected chi connectivity index (χ4v) is 2.34. The van der Waals surface area contributed by atoms with Crippen LogP contribution in [0, 0.1) is 11.8 Å². The summed E-state index contributed by atoms with van der Waals surface area (Å²) in [5, 5.41) is 3.53. The normalized spacial score (nSPS) is 38.0. The Morgan fingerprint density at radius 3 is 3.08 bits per heavy atom. The van der Waals surface area contributed by atoms with Crippen LogP contribution in [0.1, 0.15) is 25.7 Å². The van der Waals surface area contributed by atoms with E-state index >= 15 is 0 Å². The van der Waals surface area contributed by atoms with Crippen molar-refractivity contribution in [2.45, 2.75) is 25.7 Å². The average Bonchev–Trinajstić information content (AvgIpc) is 2.81. The maximum Gasteiger partial charge on any atom is 0.0332 e. The van der Waals surface area contributed by atoms with Gasteiger partial charge in [0.05, 0.1) is 0 Å². The monoisotopic (exact) mass is 161 g/mol. The standard InChI is InChI=1S/C11H15N/c1-2-4-12-11-7-10-6-9(10)5-8(11)3-1/h5,7,9-10,12H,1-4,6H2. The minimum absolute atomic E-state index is 0.898. The second-order valence-corrected chi connectivity index (χ2v) is 4.22. The highest BCUT2D eigenvalue weighted by atomic mass is 14.9. The third kappa shape index (κ3) is 0.996. The smallest absolute Gasteiger partial charge is 0.0332 e. The summed E-state index contributed by atoms with van der Waals surface area (Å²) in [4.78, 5) is 0. The molecule has 1 saturated carbocycles. The van der Waals surface area contributed by atoms with E-state index in [0.717, 1.165) is 11.8 Å². The first-order valence-corrected chi connectivity index (χ1v) is 5.10. The second-order valence-electron chi connectivity index (χ2n) is 4.22. The first-order chi connectivity index (χ1) is 5.93. The van der Waals surface area contributed by atoms with Gasteiger partial charge in [0.1, 0.15) is 0 Å². The molecule has 0 spiro atoms. The van der Waals surface area contributed by atoms with Gasteiger partial charge in [-0.15, -0.1) is 0 Å². The van der Waals surface area contributed by atoms with Crippen LogP contribution in [0.3, 0.4) is 0 Å². The number of hydrogen-bond donors (Lipinski definition) is 1. The summed E-state index contributed by atoms with van der Waals surface area (Å²) in [6.45, 7) is 1.18. The van der Waals surface area contributed by atoms with Crippen LogP contribution in [-0.2, 0) is 0 Å². The maximum atomic E-state index is 3.53. The van der Waals surface area contributed by atoms with Gasteiger partial charge in [-0.2, -0.15) is 0 Å². The van der Waals surface area contributed by atoms with E-state index in [4.69, 9.17) is 0 Å². The number of nitrogens with one attached hydrogen (secondary N) is 1. The molecule has 0 bridgehead atoms. The molecular formula is C11H15N. The molecule has 2 atom stereocenters. The van der Waals surface area contributed by atoms with Crippen molar-refractivity contribution in [3.05, 3.63) is 23.4 Å². The molecule has 1 heteroatoms. The fraction of sp³-hybridized carbons (Fsp3) is 0.636. The van der Waals surface area contributed by atoms with Crippen molar-refractivity contribution in [3.8, 4) is 0 Å². The molecule has 0 aromatic rings. The molecule has 1 nitrogen and oxygen atoms in total. The Hall–Kier alpha value is -0.720. The van der Waals surface area contributed by atoms with Gasteiger partial charge in [0.15, 0.2) is 0 Å². The number of fused-ring (bicyclic) bond motifs is 2. The van der Waals surface area contributed by atoms with Crippen LogP contribution >= 0.6 is 0 Å². The van der Waals surface area contributed by atoms with Crippen LogP contribution in [0.4, 0.5) is 0 Å². The van der Waals surface area contributed by atoms with Crippen LogP contribution in [-0.4, -0.2) is 6.54 Å². The number of rotatable bonds is 0. The lowest BCUT2D eigenvalue weighted by Gasteiger charge is -2.13. The largest absolute Gasteiger partial charge is 0.385 e. The van der Waals surface area contributed by atoms with Gasteiger partial charge in [0.25, 0.3) is 0 Å². The van der Waals surface area contributed by atoms with Gasteiger partial charge in [-0.25, -0.2) is 0 Å². The topological polar surface area (TPSA) is 12.0 Å². The van der Waals surface area contributed by atoms with Gasteiger partial charge in [0.2, 0.25) is 0 Å². The molecule has 3 rings (SSSR count). The predicted octanol–water partition coefficient (Wildman–Crippen LogP) is 2.22. The summed E-state index contributed by atoms with van der Waals surface area (Å²) >= 11 is 0. The molecule has 1 aliphatic heterocycles. The maximum absolute atomic E-state index is 3.53. The van der Waals surface area contributed by atoms with E-state index in [0.29, 0.717) is 0 Å². The zero-order chi connectivity index (χ0) is 7.97. The Kier molecular flexibility index (Phi) is 1.34. The molecular weight excluding hydrogens is 146 g/mol. The van der Waals surface area contributed by atoms with Gasteiger partial charge in [0, 0.05) is 12.2 Å². The van der Waals surface area contributed by atoms with E-state index in [-0.39, 0.29) is 0 Å². The van der Waals surface area contributed by atoms with Crippen LogP contribution in [0.2, 0.25) is 0 Å². The molecule has 12 heavy (non-hydrogen) atoms. The van der Waals surface area contributed by atoms with Crippen molar-refractivity contribution >= 4 is 0 Å². The van der Waals surface area contributed by atoms with E-state index in [1.807, 2.05) is 0 Å². The van der Waals surface area contributed by atoms with Gasteiger partial charge in [-0.1, -0.05) is 12.2 Å². The molecule has 1 saturated heterocycles. The highest BCUT2D eigenvalue weighted by Crippen LogP contribution is 2.46. The Morgan fingerprint density at radius 2 is 2.08 bits per heavy atom. The van der Waals surface area contributed by atoms with Crippen molar-refractivity contribution in [2.24, 2.45) is 11.8 Å². The van der Waals surface area contributed by atoms with Gasteiger partial charge in [-0.3, -0.25) is 0 Å². The second kappa shape index (κ2) is 2.38. The molecule has 1 heterocycles. The van der Waals surface area contributed by atoms with Crippen molar-refractivity contribution in [3.63, 3.8) is 0 Å². The lowest BCUT2D eigenvalue weighted by atomic mass is 10.0. The lowest BCUT2D eigenvalue weighted by molar-refractivity contribution is 0.730. The van der Waals surface area contributed by atoms with E-state index < -0.39 is 0 Å². The fourth-order valence-electron chi connectivity index (χ4n) is 2.34. The third-order valence-electron chi connectivity index (χ3n) is 3.22. The summed E-state index contributed by atoms with van der Waals surface area (Å²) < 4.78 is 0. The van der Waals surface area contributed by atoms with Crippen LogP contribution in [0.15, 0.2) is 23.4 Å². The average molecular weight is 161 g/mol. The highest BCUT2D eigenvalue weighted by molar-refractivity contribution is 5.38. The summed E-state index contributed by atoms with van der Waals surface area (Å²) in [6, 6.07) is 0. The minimum atomic E-state index is 0.898. The zero-order valence-corrected chi connectivity index (χ0v) is 7.34. The van der Waals surface area contributed by atoms with Gasteiger partial charge < -0.3 is 5.32 Å². The first kappa shape index (κ1) is 6.76. The first-order valence-electron chi connectivity index (χ1n) is 5.10. The van der Waals surface area contributed by atoms with Crippen molar-refractivity contribution < 1.29 is 0 Å². The van der Waals surface area contributed by atoms with Crippen molar-refractivity contribution in [1.29, 1.82) is 0 Å². The number of allylic oxidation sites excluding steroid dienone is 3. The number of hydrogen-bond acceptors (Lipinski definition) is 1. The molecule has 2 unspecified atom stereocenters. The molecule has 3 aliphatic rings. The zero-order valence-electron chi connectivity index (χ0n) is 7.34. The van der Waals surface area contributed by atoms with E-state index in [1.54, 1.807) is 5.57 Å². The summed E-state index contributed by atoms with van der Waals surface area (Å²) in [5.41, 5.74) is 3.07. The summed E-state index contributed by atoms with van der Waals surface area (Å²) in [7, 11) is 0. The van der Waals surface area contributed by atoms with E-state index in [1.165, 1.54) is 37.9 Å². The van der Waals surface area contributed by atoms with Crippen LogP contribution in [0.25, 0.3) is 0 Å². The van der Waals surface area contributed by atoms with Crippen LogP contribution < -0.4 is 5.32 Å². The molecule has 0 amide bonds. The molecule has 2 aliphatic carbocycles. The summed E-state index contributed by atoms with van der Waals surface area (Å²) in [5.74, 6) is 1.82. The minimum Gasteiger partial charge on any atom is -0.385 e. The van der Waals surface area contributed by atoms with E-state index in [9.17, 15) is 0 Å². The van der Waals surface area contributed by atoms with Gasteiger partial charge in [-0.05, 0) is 43.1 Å². The Balaban J connectivity index is 1.92. The Labute approximate surface area is 73.5 Å². The lowest BCUT2D eigenvalue weighted by Crippen LogP contribution is -2.15. The molecule has 0 radical (unpaired) electrons. The Bertz CT molecular complexity index is 236. The quantitative estimate of drug-likeness (QED) is 0.574. The van der Waals surface area contributed by atoms with Gasteiger partial charge >= 0.3 is 0 Å². The summed E-state index contributed by atoms with van der Waals surface area (Å²) in [6.07, 6.45) is 10.4. The molecule has 1 N–H and O–H groups in total. The molecule has 0 aromatic carbocycles. The molecule has 0 aromatic heterocycles. The van der Waals surface area contributed by atoms with Crippen LogP contribution in [0.5, 0.6) is 0 Å². The van der Waals surface area contributed by atoms with E-state index in [2.05, 4.69) is 17.5 Å². The SMILES string of the molecule is C1=C2CCCCNC2=CC2CC12. The van der Waals surface area contributed by atoms with Crippen molar-refractivity contribution in [1.82, 2.24) is 5.32 Å². The van der Waals surface area contributed by atoms with Crippen molar-refractivity contribution in [2.75, 3.05) is 6.54 Å². The molecule has 2 fully saturated rings. The molecule has 64 valence electrons. The highest BCUT2D eigenvalue weighted by Gasteiger charge is 2.37. The Morgan fingerprint density at radius 1 is 1.17 bits per heavy atom. The predicted molar refractivity (Wildman–Crippen MR) is 49.6 cm³/mol.